The van der Waals surface area contributed by atoms with Crippen LogP contribution in [0.5, 0.6) is 0 Å². The van der Waals surface area contributed by atoms with Gasteiger partial charge in [-0.2, -0.15) is 0 Å². The number of nitrogens with zero attached hydrogens (tertiary/aromatic N) is 1. The first-order chi connectivity index (χ1) is 7.58. The van der Waals surface area contributed by atoms with Gasteiger partial charge < -0.3 is 10.2 Å². The Morgan fingerprint density at radius 3 is 2.25 bits per heavy atom. The molecule has 1 fully saturated rings. The van der Waals surface area contributed by atoms with Gasteiger partial charge in [0.2, 0.25) is 10.0 Å². The molecule has 0 amide bonds. The van der Waals surface area contributed by atoms with Crippen LogP contribution in [0.4, 0.5) is 0 Å². The van der Waals surface area contributed by atoms with Gasteiger partial charge in [0.1, 0.15) is 0 Å². The van der Waals surface area contributed by atoms with Gasteiger partial charge in [-0.3, -0.25) is 0 Å². The van der Waals surface area contributed by atoms with Gasteiger partial charge in [0.15, 0.2) is 0 Å². The predicted octanol–water partition coefficient (Wildman–Crippen LogP) is -0.259. The summed E-state index contributed by atoms with van der Waals surface area (Å²) in [6.07, 6.45) is 5.26. The van der Waals surface area contributed by atoms with Crippen molar-refractivity contribution in [1.29, 1.82) is 0 Å². The molecule has 96 valence electrons. The second kappa shape index (κ2) is 7.21. The van der Waals surface area contributed by atoms with Gasteiger partial charge in [0.25, 0.3) is 0 Å². The lowest BCUT2D eigenvalue weighted by molar-refractivity contribution is 0.285. The molecule has 1 heterocycles. The number of nitrogens with two attached hydrogens (primary N) is 1. The maximum absolute atomic E-state index is 10.7. The number of rotatable bonds is 6. The molecule has 0 saturated carbocycles. The highest BCUT2D eigenvalue weighted by Crippen LogP contribution is 2.08. The Hall–Kier alpha value is -0.170. The molecule has 1 saturated heterocycles. The van der Waals surface area contributed by atoms with E-state index in [1.807, 2.05) is 0 Å². The SMILES string of the molecule is NS(=O)(=O)CCNCCN1CCCCCC1. The maximum Gasteiger partial charge on any atom is 0.210 e. The van der Waals surface area contributed by atoms with Crippen molar-refractivity contribution in [2.24, 2.45) is 5.14 Å². The topological polar surface area (TPSA) is 75.4 Å². The Morgan fingerprint density at radius 1 is 1.06 bits per heavy atom. The molecule has 0 atom stereocenters. The van der Waals surface area contributed by atoms with Crippen molar-refractivity contribution < 1.29 is 8.42 Å². The molecule has 0 spiro atoms. The van der Waals surface area contributed by atoms with Gasteiger partial charge in [-0.05, 0) is 25.9 Å². The number of primary sulfonamides is 1. The minimum atomic E-state index is -3.31. The van der Waals surface area contributed by atoms with Crippen LogP contribution in [0.3, 0.4) is 0 Å². The quantitative estimate of drug-likeness (QED) is 0.636. The third-order valence-corrected chi connectivity index (χ3v) is 3.64. The second-order valence-corrected chi connectivity index (χ2v) is 6.11. The van der Waals surface area contributed by atoms with Crippen molar-refractivity contribution >= 4 is 10.0 Å². The Labute approximate surface area is 98.4 Å². The number of sulfonamides is 1. The van der Waals surface area contributed by atoms with Gasteiger partial charge >= 0.3 is 0 Å². The molecular weight excluding hydrogens is 226 g/mol. The van der Waals surface area contributed by atoms with Crippen LogP contribution in [0.15, 0.2) is 0 Å². The lowest BCUT2D eigenvalue weighted by Gasteiger charge is -2.19. The molecule has 0 aliphatic carbocycles. The van der Waals surface area contributed by atoms with Crippen LogP contribution in [0.2, 0.25) is 0 Å². The minimum absolute atomic E-state index is 0.0208. The van der Waals surface area contributed by atoms with Crippen LogP contribution in [0.1, 0.15) is 25.7 Å². The van der Waals surface area contributed by atoms with Crippen molar-refractivity contribution in [3.8, 4) is 0 Å². The summed E-state index contributed by atoms with van der Waals surface area (Å²) in [7, 11) is -3.31. The van der Waals surface area contributed by atoms with E-state index in [4.69, 9.17) is 5.14 Å². The number of hydrogen-bond acceptors (Lipinski definition) is 4. The number of likely N-dealkylation sites (tertiary alicyclic amines) is 1. The van der Waals surface area contributed by atoms with E-state index in [2.05, 4.69) is 10.2 Å². The van der Waals surface area contributed by atoms with Crippen molar-refractivity contribution in [2.45, 2.75) is 25.7 Å². The van der Waals surface area contributed by atoms with Gasteiger partial charge in [0.05, 0.1) is 5.75 Å². The Balaban J connectivity index is 2.01. The number of nitrogens with one attached hydrogen (secondary N) is 1. The Bertz CT molecular complexity index is 272. The summed E-state index contributed by atoms with van der Waals surface area (Å²) in [4.78, 5) is 2.44. The fraction of sp³-hybridized carbons (Fsp3) is 1.00. The summed E-state index contributed by atoms with van der Waals surface area (Å²) < 4.78 is 21.3. The molecule has 0 radical (unpaired) electrons. The third kappa shape index (κ3) is 7.16. The van der Waals surface area contributed by atoms with Crippen LogP contribution >= 0.6 is 0 Å². The van der Waals surface area contributed by atoms with E-state index in [0.29, 0.717) is 6.54 Å². The fourth-order valence-corrected chi connectivity index (χ4v) is 2.37. The summed E-state index contributed by atoms with van der Waals surface area (Å²) >= 11 is 0. The van der Waals surface area contributed by atoms with Crippen LogP contribution < -0.4 is 10.5 Å². The molecular formula is C10H23N3O2S. The van der Waals surface area contributed by atoms with Crippen LogP contribution in [-0.4, -0.2) is 51.8 Å². The normalized spacial score (nSPS) is 19.6. The summed E-state index contributed by atoms with van der Waals surface area (Å²) in [5.41, 5.74) is 0. The second-order valence-electron chi connectivity index (χ2n) is 4.37. The molecule has 0 aromatic heterocycles. The van der Waals surface area contributed by atoms with Gasteiger partial charge in [0, 0.05) is 19.6 Å². The lowest BCUT2D eigenvalue weighted by atomic mass is 10.2. The average Bonchev–Trinajstić information content (AvgIpc) is 2.44. The molecule has 5 nitrogen and oxygen atoms in total. The first-order valence-corrected chi connectivity index (χ1v) is 7.73. The Kier molecular flexibility index (Phi) is 6.26. The highest BCUT2D eigenvalue weighted by Gasteiger charge is 2.08. The first-order valence-electron chi connectivity index (χ1n) is 6.01. The van der Waals surface area contributed by atoms with Crippen molar-refractivity contribution in [3.05, 3.63) is 0 Å². The van der Waals surface area contributed by atoms with Crippen LogP contribution in [-0.2, 0) is 10.0 Å². The molecule has 6 heteroatoms. The zero-order valence-electron chi connectivity index (χ0n) is 9.82. The van der Waals surface area contributed by atoms with E-state index < -0.39 is 10.0 Å². The van der Waals surface area contributed by atoms with E-state index in [1.54, 1.807) is 0 Å². The zero-order chi connectivity index (χ0) is 11.9. The summed E-state index contributed by atoms with van der Waals surface area (Å²) in [5.74, 6) is 0.0208. The van der Waals surface area contributed by atoms with Crippen molar-refractivity contribution in [1.82, 2.24) is 10.2 Å². The molecule has 16 heavy (non-hydrogen) atoms. The largest absolute Gasteiger partial charge is 0.314 e. The highest BCUT2D eigenvalue weighted by atomic mass is 32.2. The van der Waals surface area contributed by atoms with E-state index in [0.717, 1.165) is 13.1 Å². The van der Waals surface area contributed by atoms with E-state index >= 15 is 0 Å². The standard InChI is InChI=1S/C10H23N3O2S/c11-16(14,15)10-6-12-5-9-13-7-3-1-2-4-8-13/h12H,1-10H2,(H2,11,14,15). The molecule has 3 N–H and O–H groups in total. The molecule has 1 rings (SSSR count). The van der Waals surface area contributed by atoms with E-state index in [1.165, 1.54) is 38.8 Å². The molecule has 0 aromatic carbocycles. The third-order valence-electron chi connectivity index (χ3n) is 2.87. The fourth-order valence-electron chi connectivity index (χ4n) is 1.94. The first kappa shape index (κ1) is 13.9. The predicted molar refractivity (Wildman–Crippen MR) is 65.8 cm³/mol. The minimum Gasteiger partial charge on any atom is -0.314 e. The van der Waals surface area contributed by atoms with E-state index in [9.17, 15) is 8.42 Å². The Morgan fingerprint density at radius 2 is 1.69 bits per heavy atom. The van der Waals surface area contributed by atoms with E-state index in [-0.39, 0.29) is 5.75 Å². The zero-order valence-corrected chi connectivity index (χ0v) is 10.6. The van der Waals surface area contributed by atoms with Gasteiger partial charge in [-0.1, -0.05) is 12.8 Å². The maximum atomic E-state index is 10.7. The van der Waals surface area contributed by atoms with Crippen LogP contribution in [0, 0.1) is 0 Å². The molecule has 1 aliphatic rings. The molecule has 1 aliphatic heterocycles. The molecule has 0 aromatic rings. The number of hydrogen-bond donors (Lipinski definition) is 2. The van der Waals surface area contributed by atoms with Gasteiger partial charge in [-0.25, -0.2) is 13.6 Å². The average molecular weight is 249 g/mol. The van der Waals surface area contributed by atoms with Crippen molar-refractivity contribution in [2.75, 3.05) is 38.5 Å². The monoisotopic (exact) mass is 249 g/mol. The smallest absolute Gasteiger partial charge is 0.210 e. The molecule has 0 bridgehead atoms. The lowest BCUT2D eigenvalue weighted by Crippen LogP contribution is -2.35. The summed E-state index contributed by atoms with van der Waals surface area (Å²) in [6.45, 7) is 4.65. The molecule has 0 unspecified atom stereocenters. The summed E-state index contributed by atoms with van der Waals surface area (Å²) in [6, 6.07) is 0. The van der Waals surface area contributed by atoms with Crippen LogP contribution in [0.25, 0.3) is 0 Å². The van der Waals surface area contributed by atoms with Gasteiger partial charge in [-0.15, -0.1) is 0 Å². The van der Waals surface area contributed by atoms with Crippen molar-refractivity contribution in [3.63, 3.8) is 0 Å². The summed E-state index contributed by atoms with van der Waals surface area (Å²) in [5, 5.41) is 8.01. The highest BCUT2D eigenvalue weighted by molar-refractivity contribution is 7.89.